The molecule has 0 fully saturated rings. The molecular formula is C14H20N2O3. The molecule has 0 heterocycles. The number of urea groups is 1. The van der Waals surface area contributed by atoms with Crippen LogP contribution in [0.5, 0.6) is 0 Å². The van der Waals surface area contributed by atoms with Crippen LogP contribution >= 0.6 is 0 Å². The lowest BCUT2D eigenvalue weighted by atomic mass is 10.1. The summed E-state index contributed by atoms with van der Waals surface area (Å²) in [6.45, 7) is 5.76. The molecule has 1 rings (SSSR count). The van der Waals surface area contributed by atoms with Crippen molar-refractivity contribution in [1.82, 2.24) is 4.90 Å². The maximum Gasteiger partial charge on any atom is 0.324 e. The molecule has 0 saturated heterocycles. The van der Waals surface area contributed by atoms with E-state index >= 15 is 0 Å². The first-order valence-electron chi connectivity index (χ1n) is 6.18. The van der Waals surface area contributed by atoms with Gasteiger partial charge in [-0.15, -0.1) is 0 Å². The Morgan fingerprint density at radius 3 is 2.11 bits per heavy atom. The van der Waals surface area contributed by atoms with Crippen LogP contribution in [0.25, 0.3) is 0 Å². The Morgan fingerprint density at radius 1 is 1.16 bits per heavy atom. The van der Waals surface area contributed by atoms with Gasteiger partial charge in [0.05, 0.1) is 0 Å². The second kappa shape index (κ2) is 6.22. The molecule has 5 heteroatoms. The number of carboxylic acid groups (broad SMARTS) is 1. The molecule has 0 spiro atoms. The quantitative estimate of drug-likeness (QED) is 0.907. The predicted molar refractivity (Wildman–Crippen MR) is 74.6 cm³/mol. The number of likely N-dealkylation sites (N-methyl/N-ethyl adjacent to an activating group) is 1. The van der Waals surface area contributed by atoms with Crippen molar-refractivity contribution in [1.29, 1.82) is 0 Å². The van der Waals surface area contributed by atoms with E-state index in [4.69, 9.17) is 5.11 Å². The predicted octanol–water partition coefficient (Wildman–Crippen LogP) is 2.27. The Bertz CT molecular complexity index is 465. The zero-order valence-corrected chi connectivity index (χ0v) is 11.8. The summed E-state index contributed by atoms with van der Waals surface area (Å²) >= 11 is 0. The van der Waals surface area contributed by atoms with Gasteiger partial charge in [-0.1, -0.05) is 6.07 Å². The average molecular weight is 264 g/mol. The molecule has 0 aliphatic carbocycles. The summed E-state index contributed by atoms with van der Waals surface area (Å²) in [6.07, 6.45) is 0. The fourth-order valence-electron chi connectivity index (χ4n) is 1.94. The summed E-state index contributed by atoms with van der Waals surface area (Å²) in [5.74, 6) is -1.01. The summed E-state index contributed by atoms with van der Waals surface area (Å²) in [6, 6.07) is 5.52. The SMILES string of the molecule is CCN(CC(=O)O)C(=O)N(C)c1cc(C)cc(C)c1. The normalized spacial score (nSPS) is 10.1. The molecule has 0 aliphatic heterocycles. The molecule has 0 aliphatic rings. The highest BCUT2D eigenvalue weighted by Crippen LogP contribution is 2.18. The van der Waals surface area contributed by atoms with E-state index in [1.165, 1.54) is 9.80 Å². The standard InChI is InChI=1S/C14H20N2O3/c1-5-16(9-13(17)18)14(19)15(4)12-7-10(2)6-11(3)8-12/h6-8H,5,9H2,1-4H3,(H,17,18). The van der Waals surface area contributed by atoms with Crippen molar-refractivity contribution in [3.05, 3.63) is 29.3 Å². The monoisotopic (exact) mass is 264 g/mol. The van der Waals surface area contributed by atoms with E-state index in [9.17, 15) is 9.59 Å². The second-order valence-electron chi connectivity index (χ2n) is 4.60. The number of hydrogen-bond acceptors (Lipinski definition) is 2. The molecule has 1 aromatic rings. The number of carbonyl (C=O) groups excluding carboxylic acids is 1. The van der Waals surface area contributed by atoms with E-state index in [1.807, 2.05) is 32.0 Å². The summed E-state index contributed by atoms with van der Waals surface area (Å²) in [7, 11) is 1.65. The van der Waals surface area contributed by atoms with Crippen LogP contribution in [0.1, 0.15) is 18.1 Å². The topological polar surface area (TPSA) is 60.9 Å². The van der Waals surface area contributed by atoms with Gasteiger partial charge in [0.1, 0.15) is 6.54 Å². The number of nitrogens with zero attached hydrogens (tertiary/aromatic N) is 2. The largest absolute Gasteiger partial charge is 0.480 e. The third kappa shape index (κ3) is 3.98. The molecule has 0 saturated carbocycles. The Hall–Kier alpha value is -2.04. The lowest BCUT2D eigenvalue weighted by Crippen LogP contribution is -2.43. The Labute approximate surface area is 113 Å². The number of carboxylic acids is 1. The zero-order valence-electron chi connectivity index (χ0n) is 11.8. The van der Waals surface area contributed by atoms with Crippen LogP contribution in [0.15, 0.2) is 18.2 Å². The number of aliphatic carboxylic acids is 1. The van der Waals surface area contributed by atoms with Crippen LogP contribution in [-0.4, -0.2) is 42.1 Å². The first-order valence-corrected chi connectivity index (χ1v) is 6.18. The molecule has 1 aromatic carbocycles. The maximum atomic E-state index is 12.2. The number of aryl methyl sites for hydroxylation is 2. The van der Waals surface area contributed by atoms with Gasteiger partial charge in [0.2, 0.25) is 0 Å². The van der Waals surface area contributed by atoms with Crippen molar-refractivity contribution in [3.63, 3.8) is 0 Å². The molecule has 0 radical (unpaired) electrons. The van der Waals surface area contributed by atoms with Crippen LogP contribution < -0.4 is 4.90 Å². The molecule has 0 unspecified atom stereocenters. The van der Waals surface area contributed by atoms with Crippen LogP contribution in [0, 0.1) is 13.8 Å². The third-order valence-corrected chi connectivity index (χ3v) is 2.86. The smallest absolute Gasteiger partial charge is 0.324 e. The molecule has 0 aromatic heterocycles. The van der Waals surface area contributed by atoms with Crippen LogP contribution in [0.4, 0.5) is 10.5 Å². The minimum Gasteiger partial charge on any atom is -0.480 e. The number of amides is 2. The van der Waals surface area contributed by atoms with E-state index in [0.717, 1.165) is 16.8 Å². The van der Waals surface area contributed by atoms with E-state index in [1.54, 1.807) is 14.0 Å². The Balaban J connectivity index is 2.94. The fourth-order valence-corrected chi connectivity index (χ4v) is 1.94. The molecule has 0 bridgehead atoms. The van der Waals surface area contributed by atoms with Gasteiger partial charge in [-0.2, -0.15) is 0 Å². The highest BCUT2D eigenvalue weighted by Gasteiger charge is 2.20. The third-order valence-electron chi connectivity index (χ3n) is 2.86. The molecule has 104 valence electrons. The lowest BCUT2D eigenvalue weighted by molar-refractivity contribution is -0.137. The molecule has 2 amide bonds. The summed E-state index contributed by atoms with van der Waals surface area (Å²) in [5.41, 5.74) is 2.90. The number of hydrogen-bond donors (Lipinski definition) is 1. The van der Waals surface area contributed by atoms with Gasteiger partial charge in [-0.05, 0) is 44.0 Å². The van der Waals surface area contributed by atoms with Gasteiger partial charge >= 0.3 is 12.0 Å². The Kier molecular flexibility index (Phi) is 4.92. The zero-order chi connectivity index (χ0) is 14.6. The summed E-state index contributed by atoms with van der Waals surface area (Å²) in [4.78, 5) is 25.7. The maximum absolute atomic E-state index is 12.2. The van der Waals surface area contributed by atoms with E-state index in [2.05, 4.69) is 0 Å². The van der Waals surface area contributed by atoms with Gasteiger partial charge in [0.15, 0.2) is 0 Å². The number of rotatable bonds is 4. The van der Waals surface area contributed by atoms with Gasteiger partial charge in [0, 0.05) is 19.3 Å². The second-order valence-corrected chi connectivity index (χ2v) is 4.60. The highest BCUT2D eigenvalue weighted by atomic mass is 16.4. The van der Waals surface area contributed by atoms with Crippen molar-refractivity contribution in [2.45, 2.75) is 20.8 Å². The first kappa shape index (κ1) is 15.0. The minimum atomic E-state index is -1.01. The average Bonchev–Trinajstić information content (AvgIpc) is 2.32. The fraction of sp³-hybridized carbons (Fsp3) is 0.429. The molecule has 19 heavy (non-hydrogen) atoms. The molecule has 0 atom stereocenters. The minimum absolute atomic E-state index is 0.287. The van der Waals surface area contributed by atoms with Gasteiger partial charge in [-0.3, -0.25) is 9.69 Å². The number of carbonyl (C=O) groups is 2. The van der Waals surface area contributed by atoms with Crippen LogP contribution in [-0.2, 0) is 4.79 Å². The molecule has 1 N–H and O–H groups in total. The van der Waals surface area contributed by atoms with Gasteiger partial charge in [-0.25, -0.2) is 4.79 Å². The van der Waals surface area contributed by atoms with E-state index in [-0.39, 0.29) is 12.6 Å². The van der Waals surface area contributed by atoms with E-state index in [0.29, 0.717) is 6.54 Å². The van der Waals surface area contributed by atoms with Gasteiger partial charge < -0.3 is 10.0 Å². The van der Waals surface area contributed by atoms with Crippen LogP contribution in [0.3, 0.4) is 0 Å². The molecular weight excluding hydrogens is 244 g/mol. The van der Waals surface area contributed by atoms with Crippen molar-refractivity contribution < 1.29 is 14.7 Å². The van der Waals surface area contributed by atoms with Crippen molar-refractivity contribution in [2.75, 3.05) is 25.0 Å². The summed E-state index contributed by atoms with van der Waals surface area (Å²) < 4.78 is 0. The van der Waals surface area contributed by atoms with E-state index < -0.39 is 5.97 Å². The van der Waals surface area contributed by atoms with Gasteiger partial charge in [0.25, 0.3) is 0 Å². The van der Waals surface area contributed by atoms with Crippen LogP contribution in [0.2, 0.25) is 0 Å². The highest BCUT2D eigenvalue weighted by molar-refractivity contribution is 5.93. The first-order chi connectivity index (χ1) is 8.85. The number of anilines is 1. The number of benzene rings is 1. The molecule has 5 nitrogen and oxygen atoms in total. The summed E-state index contributed by atoms with van der Waals surface area (Å²) in [5, 5.41) is 8.79. The van der Waals surface area contributed by atoms with Crippen molar-refractivity contribution >= 4 is 17.7 Å². The van der Waals surface area contributed by atoms with Crippen molar-refractivity contribution in [2.24, 2.45) is 0 Å². The lowest BCUT2D eigenvalue weighted by Gasteiger charge is -2.26. The Morgan fingerprint density at radius 2 is 1.68 bits per heavy atom. The van der Waals surface area contributed by atoms with Crippen molar-refractivity contribution in [3.8, 4) is 0 Å².